The fourth-order valence-corrected chi connectivity index (χ4v) is 3.20. The van der Waals surface area contributed by atoms with E-state index < -0.39 is 5.60 Å². The number of nitrogens with one attached hydrogen (secondary N) is 2. The van der Waals surface area contributed by atoms with E-state index in [2.05, 4.69) is 53.6 Å². The van der Waals surface area contributed by atoms with E-state index >= 15 is 0 Å². The fourth-order valence-electron chi connectivity index (χ4n) is 3.20. The zero-order chi connectivity index (χ0) is 21.1. The first-order valence-electron chi connectivity index (χ1n) is 10.6. The van der Waals surface area contributed by atoms with Crippen LogP contribution >= 0.6 is 24.0 Å². The van der Waals surface area contributed by atoms with Crippen molar-refractivity contribution in [3.05, 3.63) is 71.3 Å². The molecule has 0 saturated heterocycles. The van der Waals surface area contributed by atoms with Crippen LogP contribution in [0.2, 0.25) is 0 Å². The first kappa shape index (κ1) is 26.4. The Labute approximate surface area is 199 Å². The minimum Gasteiger partial charge on any atom is -0.384 e. The number of hydrogen-bond acceptors (Lipinski definition) is 3. The van der Waals surface area contributed by atoms with Gasteiger partial charge in [0, 0.05) is 13.1 Å². The summed E-state index contributed by atoms with van der Waals surface area (Å²) in [5.41, 5.74) is 2.40. The van der Waals surface area contributed by atoms with Crippen molar-refractivity contribution in [2.45, 2.75) is 46.4 Å². The highest BCUT2D eigenvalue weighted by atomic mass is 127. The number of rotatable bonds is 10. The molecule has 2 rings (SSSR count). The lowest BCUT2D eigenvalue weighted by Crippen LogP contribution is -2.44. The molecule has 2 aromatic rings. The molecule has 30 heavy (non-hydrogen) atoms. The molecule has 0 aromatic heterocycles. The third-order valence-corrected chi connectivity index (χ3v) is 5.05. The van der Waals surface area contributed by atoms with Crippen LogP contribution in [-0.4, -0.2) is 42.1 Å². The smallest absolute Gasteiger partial charge is 0.191 e. The molecule has 1 unspecified atom stereocenters. The second-order valence-corrected chi connectivity index (χ2v) is 7.47. The molecule has 6 heteroatoms. The molecule has 3 N–H and O–H groups in total. The van der Waals surface area contributed by atoms with Gasteiger partial charge in [0.15, 0.2) is 5.96 Å². The Bertz CT molecular complexity index is 761. The summed E-state index contributed by atoms with van der Waals surface area (Å²) in [6.45, 7) is 13.0. The van der Waals surface area contributed by atoms with Crippen LogP contribution in [-0.2, 0) is 18.7 Å². The van der Waals surface area contributed by atoms with Gasteiger partial charge in [-0.05, 0) is 43.6 Å². The van der Waals surface area contributed by atoms with E-state index in [0.29, 0.717) is 19.0 Å². The summed E-state index contributed by atoms with van der Waals surface area (Å²) < 4.78 is 0. The van der Waals surface area contributed by atoms with Crippen LogP contribution < -0.4 is 10.6 Å². The predicted molar refractivity (Wildman–Crippen MR) is 137 cm³/mol. The molecule has 2 aromatic carbocycles. The molecular weight excluding hydrogens is 487 g/mol. The van der Waals surface area contributed by atoms with E-state index in [9.17, 15) is 5.11 Å². The minimum absolute atomic E-state index is 0. The summed E-state index contributed by atoms with van der Waals surface area (Å²) in [5, 5.41) is 17.3. The maximum Gasteiger partial charge on any atom is 0.191 e. The maximum absolute atomic E-state index is 10.8. The zero-order valence-electron chi connectivity index (χ0n) is 18.7. The topological polar surface area (TPSA) is 59.9 Å². The second kappa shape index (κ2) is 13.6. The lowest BCUT2D eigenvalue weighted by Gasteiger charge is -2.25. The van der Waals surface area contributed by atoms with Crippen LogP contribution in [0.1, 0.15) is 44.4 Å². The molecule has 0 spiro atoms. The van der Waals surface area contributed by atoms with Gasteiger partial charge in [-0.3, -0.25) is 4.90 Å². The van der Waals surface area contributed by atoms with E-state index in [-0.39, 0.29) is 24.0 Å². The van der Waals surface area contributed by atoms with Gasteiger partial charge in [0.25, 0.3) is 0 Å². The average molecular weight is 524 g/mol. The Morgan fingerprint density at radius 1 is 0.967 bits per heavy atom. The predicted octanol–water partition coefficient (Wildman–Crippen LogP) is 4.11. The molecule has 0 aliphatic heterocycles. The van der Waals surface area contributed by atoms with Crippen LogP contribution in [0.4, 0.5) is 0 Å². The van der Waals surface area contributed by atoms with E-state index in [1.165, 1.54) is 11.1 Å². The van der Waals surface area contributed by atoms with Crippen LogP contribution in [0.25, 0.3) is 0 Å². The Balaban J connectivity index is 0.00000450. The summed E-state index contributed by atoms with van der Waals surface area (Å²) in [6, 6.07) is 18.3. The van der Waals surface area contributed by atoms with Crippen molar-refractivity contribution in [3.8, 4) is 0 Å². The molecule has 0 aliphatic rings. The molecule has 0 amide bonds. The highest BCUT2D eigenvalue weighted by molar-refractivity contribution is 14.0. The largest absolute Gasteiger partial charge is 0.384 e. The first-order valence-corrected chi connectivity index (χ1v) is 10.6. The lowest BCUT2D eigenvalue weighted by molar-refractivity contribution is 0.0617. The summed E-state index contributed by atoms with van der Waals surface area (Å²) in [4.78, 5) is 7.11. The third kappa shape index (κ3) is 8.62. The normalized spacial score (nSPS) is 13.5. The average Bonchev–Trinajstić information content (AvgIpc) is 2.75. The molecule has 0 radical (unpaired) electrons. The van der Waals surface area contributed by atoms with E-state index in [0.717, 1.165) is 31.7 Å². The van der Waals surface area contributed by atoms with Crippen molar-refractivity contribution in [1.82, 2.24) is 15.5 Å². The summed E-state index contributed by atoms with van der Waals surface area (Å²) in [6.07, 6.45) is 0. The molecule has 166 valence electrons. The summed E-state index contributed by atoms with van der Waals surface area (Å²) >= 11 is 0. The maximum atomic E-state index is 10.8. The van der Waals surface area contributed by atoms with Gasteiger partial charge in [-0.2, -0.15) is 0 Å². The lowest BCUT2D eigenvalue weighted by atomic mass is 9.96. The zero-order valence-corrected chi connectivity index (χ0v) is 21.0. The quantitative estimate of drug-likeness (QED) is 0.249. The first-order chi connectivity index (χ1) is 14.0. The number of halogens is 1. The van der Waals surface area contributed by atoms with E-state index in [1.807, 2.05) is 44.2 Å². The van der Waals surface area contributed by atoms with Crippen LogP contribution in [0.15, 0.2) is 59.6 Å². The highest BCUT2D eigenvalue weighted by Gasteiger charge is 2.22. The third-order valence-electron chi connectivity index (χ3n) is 5.05. The monoisotopic (exact) mass is 524 g/mol. The standard InChI is InChI=1S/C24H36N4O.HI/c1-5-25-23(27-19-24(4,29)22-14-9-8-10-15-22)26-17-20-12-11-13-21(16-20)18-28(6-2)7-3;/h8-16,29H,5-7,17-19H2,1-4H3,(H2,25,26,27);1H. The SMILES string of the molecule is CCNC(=NCc1cccc(CN(CC)CC)c1)NCC(C)(O)c1ccccc1.I. The second-order valence-electron chi connectivity index (χ2n) is 7.47. The molecule has 0 saturated carbocycles. The van der Waals surface area contributed by atoms with Gasteiger partial charge in [-0.25, -0.2) is 4.99 Å². The van der Waals surface area contributed by atoms with Gasteiger partial charge >= 0.3 is 0 Å². The number of aliphatic imine (C=N–C) groups is 1. The summed E-state index contributed by atoms with van der Waals surface area (Å²) in [7, 11) is 0. The van der Waals surface area contributed by atoms with Crippen molar-refractivity contribution < 1.29 is 5.11 Å². The summed E-state index contributed by atoms with van der Waals surface area (Å²) in [5.74, 6) is 0.706. The molecule has 5 nitrogen and oxygen atoms in total. The Kier molecular flexibility index (Phi) is 12.0. The van der Waals surface area contributed by atoms with Crippen molar-refractivity contribution in [2.75, 3.05) is 26.2 Å². The Hall–Kier alpha value is -1.64. The Morgan fingerprint density at radius 2 is 1.63 bits per heavy atom. The van der Waals surface area contributed by atoms with Crippen LogP contribution in [0, 0.1) is 0 Å². The molecule has 1 atom stereocenters. The van der Waals surface area contributed by atoms with Gasteiger partial charge in [0.1, 0.15) is 5.60 Å². The molecule has 0 heterocycles. The fraction of sp³-hybridized carbons (Fsp3) is 0.458. The van der Waals surface area contributed by atoms with Crippen molar-refractivity contribution >= 4 is 29.9 Å². The van der Waals surface area contributed by atoms with E-state index in [4.69, 9.17) is 4.99 Å². The van der Waals surface area contributed by atoms with Crippen molar-refractivity contribution in [3.63, 3.8) is 0 Å². The van der Waals surface area contributed by atoms with Crippen LogP contribution in [0.5, 0.6) is 0 Å². The number of guanidine groups is 1. The number of nitrogens with zero attached hydrogens (tertiary/aromatic N) is 2. The van der Waals surface area contributed by atoms with Gasteiger partial charge in [-0.1, -0.05) is 68.4 Å². The highest BCUT2D eigenvalue weighted by Crippen LogP contribution is 2.18. The molecule has 0 aliphatic carbocycles. The van der Waals surface area contributed by atoms with Crippen molar-refractivity contribution in [2.24, 2.45) is 4.99 Å². The van der Waals surface area contributed by atoms with Gasteiger partial charge in [0.2, 0.25) is 0 Å². The minimum atomic E-state index is -0.971. The van der Waals surface area contributed by atoms with Crippen molar-refractivity contribution in [1.29, 1.82) is 0 Å². The van der Waals surface area contributed by atoms with Gasteiger partial charge in [0.05, 0.1) is 13.1 Å². The molecular formula is C24H37IN4O. The molecule has 0 bridgehead atoms. The number of hydrogen-bond donors (Lipinski definition) is 3. The number of aliphatic hydroxyl groups is 1. The Morgan fingerprint density at radius 3 is 2.27 bits per heavy atom. The van der Waals surface area contributed by atoms with Gasteiger partial charge < -0.3 is 15.7 Å². The van der Waals surface area contributed by atoms with Gasteiger partial charge in [-0.15, -0.1) is 24.0 Å². The number of benzene rings is 2. The van der Waals surface area contributed by atoms with E-state index in [1.54, 1.807) is 0 Å². The molecule has 0 fully saturated rings. The van der Waals surface area contributed by atoms with Crippen LogP contribution in [0.3, 0.4) is 0 Å².